The lowest BCUT2D eigenvalue weighted by Gasteiger charge is -1.96. The predicted molar refractivity (Wildman–Crippen MR) is 61.3 cm³/mol. The van der Waals surface area contributed by atoms with Crippen molar-refractivity contribution in [3.63, 3.8) is 0 Å². The van der Waals surface area contributed by atoms with Crippen molar-refractivity contribution in [1.29, 1.82) is 0 Å². The van der Waals surface area contributed by atoms with Crippen molar-refractivity contribution in [3.8, 4) is 0 Å². The first-order valence-electron chi connectivity index (χ1n) is 3.90. The highest BCUT2D eigenvalue weighted by molar-refractivity contribution is 5.85. The van der Waals surface area contributed by atoms with Crippen LogP contribution in [0.5, 0.6) is 0 Å². The fraction of sp³-hybridized carbons (Fsp3) is 0.250. The molecule has 6 heteroatoms. The number of hydrogen-bond donors (Lipinski definition) is 1. The third kappa shape index (κ3) is 2.08. The van der Waals surface area contributed by atoms with Crippen LogP contribution >= 0.6 is 24.8 Å². The zero-order valence-corrected chi connectivity index (χ0v) is 9.31. The standard InChI is InChI=1S/C8H10N4.2ClH/c1-2-7-10-11-8-4-3-6(9)5-12(7)8;;/h3-5H,2,9H2,1H3;2*1H. The molecule has 0 aliphatic rings. The molecule has 2 aromatic rings. The van der Waals surface area contributed by atoms with Crippen LogP contribution in [-0.4, -0.2) is 14.6 Å². The second-order valence-electron chi connectivity index (χ2n) is 2.66. The van der Waals surface area contributed by atoms with E-state index in [1.165, 1.54) is 0 Å². The molecule has 0 bridgehead atoms. The Labute approximate surface area is 94.3 Å². The average molecular weight is 235 g/mol. The summed E-state index contributed by atoms with van der Waals surface area (Å²) in [4.78, 5) is 0. The van der Waals surface area contributed by atoms with Crippen molar-refractivity contribution in [3.05, 3.63) is 24.2 Å². The average Bonchev–Trinajstić information content (AvgIpc) is 2.46. The molecule has 2 aromatic heterocycles. The Bertz CT molecular complexity index is 413. The zero-order chi connectivity index (χ0) is 8.55. The summed E-state index contributed by atoms with van der Waals surface area (Å²) < 4.78 is 1.91. The summed E-state index contributed by atoms with van der Waals surface area (Å²) in [7, 11) is 0. The molecule has 78 valence electrons. The number of hydrogen-bond acceptors (Lipinski definition) is 3. The Morgan fingerprint density at radius 3 is 2.64 bits per heavy atom. The van der Waals surface area contributed by atoms with E-state index < -0.39 is 0 Å². The highest BCUT2D eigenvalue weighted by atomic mass is 35.5. The van der Waals surface area contributed by atoms with Crippen LogP contribution in [-0.2, 0) is 6.42 Å². The number of nitrogens with two attached hydrogens (primary N) is 1. The molecular formula is C8H12Cl2N4. The molecule has 0 atom stereocenters. The van der Waals surface area contributed by atoms with Crippen LogP contribution in [0.1, 0.15) is 12.7 Å². The van der Waals surface area contributed by atoms with Gasteiger partial charge in [0.15, 0.2) is 5.65 Å². The van der Waals surface area contributed by atoms with E-state index in [0.717, 1.165) is 23.6 Å². The number of rotatable bonds is 1. The highest BCUT2D eigenvalue weighted by Gasteiger charge is 2.01. The lowest BCUT2D eigenvalue weighted by Crippen LogP contribution is -1.94. The minimum absolute atomic E-state index is 0. The van der Waals surface area contributed by atoms with Gasteiger partial charge in [0.2, 0.25) is 0 Å². The molecule has 2 rings (SSSR count). The van der Waals surface area contributed by atoms with E-state index in [1.807, 2.05) is 29.7 Å². The summed E-state index contributed by atoms with van der Waals surface area (Å²) in [6.45, 7) is 2.04. The van der Waals surface area contributed by atoms with Gasteiger partial charge >= 0.3 is 0 Å². The van der Waals surface area contributed by atoms with E-state index in [2.05, 4.69) is 10.2 Å². The van der Waals surface area contributed by atoms with Crippen molar-refractivity contribution in [2.45, 2.75) is 13.3 Å². The Morgan fingerprint density at radius 1 is 1.29 bits per heavy atom. The van der Waals surface area contributed by atoms with Gasteiger partial charge in [-0.25, -0.2) is 0 Å². The normalized spacial score (nSPS) is 9.21. The van der Waals surface area contributed by atoms with Gasteiger partial charge in [-0.3, -0.25) is 4.40 Å². The van der Waals surface area contributed by atoms with Crippen LogP contribution in [0.4, 0.5) is 5.69 Å². The van der Waals surface area contributed by atoms with Crippen LogP contribution in [0.2, 0.25) is 0 Å². The number of pyridine rings is 1. The van der Waals surface area contributed by atoms with Gasteiger partial charge in [0, 0.05) is 18.3 Å². The molecule has 2 heterocycles. The van der Waals surface area contributed by atoms with Crippen molar-refractivity contribution >= 4 is 36.1 Å². The maximum Gasteiger partial charge on any atom is 0.160 e. The highest BCUT2D eigenvalue weighted by Crippen LogP contribution is 2.07. The summed E-state index contributed by atoms with van der Waals surface area (Å²) in [6.07, 6.45) is 2.71. The van der Waals surface area contributed by atoms with Gasteiger partial charge in [-0.05, 0) is 12.1 Å². The van der Waals surface area contributed by atoms with Gasteiger partial charge in [0.25, 0.3) is 0 Å². The van der Waals surface area contributed by atoms with Crippen LogP contribution in [0.3, 0.4) is 0 Å². The predicted octanol–water partition coefficient (Wildman–Crippen LogP) is 1.72. The number of nitrogens with zero attached hydrogens (tertiary/aromatic N) is 3. The third-order valence-corrected chi connectivity index (χ3v) is 1.81. The molecule has 0 spiro atoms. The maximum atomic E-state index is 5.63. The summed E-state index contributed by atoms with van der Waals surface area (Å²) in [5, 5.41) is 8.00. The lowest BCUT2D eigenvalue weighted by atomic mass is 10.4. The molecule has 0 unspecified atom stereocenters. The summed E-state index contributed by atoms with van der Waals surface area (Å²) >= 11 is 0. The van der Waals surface area contributed by atoms with Crippen LogP contribution in [0.15, 0.2) is 18.3 Å². The van der Waals surface area contributed by atoms with Gasteiger partial charge in [0.1, 0.15) is 5.82 Å². The van der Waals surface area contributed by atoms with Gasteiger partial charge in [-0.2, -0.15) is 0 Å². The molecule has 0 aromatic carbocycles. The number of nitrogen functional groups attached to an aromatic ring is 1. The van der Waals surface area contributed by atoms with Crippen LogP contribution in [0, 0.1) is 0 Å². The second kappa shape index (κ2) is 5.02. The third-order valence-electron chi connectivity index (χ3n) is 1.81. The van der Waals surface area contributed by atoms with Gasteiger partial charge in [0.05, 0.1) is 0 Å². The minimum atomic E-state index is 0. The zero-order valence-electron chi connectivity index (χ0n) is 7.67. The van der Waals surface area contributed by atoms with Crippen LogP contribution in [0.25, 0.3) is 5.65 Å². The Kier molecular flexibility index (Phi) is 4.67. The fourth-order valence-corrected chi connectivity index (χ4v) is 1.20. The Balaban J connectivity index is 0.000000845. The van der Waals surface area contributed by atoms with Crippen molar-refractivity contribution in [2.75, 3.05) is 5.73 Å². The largest absolute Gasteiger partial charge is 0.398 e. The lowest BCUT2D eigenvalue weighted by molar-refractivity contribution is 0.910. The SMILES string of the molecule is CCc1nnc2ccc(N)cn12.Cl.Cl. The first-order valence-corrected chi connectivity index (χ1v) is 3.90. The smallest absolute Gasteiger partial charge is 0.160 e. The van der Waals surface area contributed by atoms with E-state index in [4.69, 9.17) is 5.73 Å². The molecular weight excluding hydrogens is 223 g/mol. The summed E-state index contributed by atoms with van der Waals surface area (Å²) in [6, 6.07) is 3.69. The summed E-state index contributed by atoms with van der Waals surface area (Å²) in [5.41, 5.74) is 7.21. The molecule has 2 N–H and O–H groups in total. The number of aromatic nitrogens is 3. The number of fused-ring (bicyclic) bond motifs is 1. The molecule has 0 saturated heterocycles. The van der Waals surface area contributed by atoms with E-state index in [9.17, 15) is 0 Å². The van der Waals surface area contributed by atoms with Crippen molar-refractivity contribution in [2.24, 2.45) is 0 Å². The maximum absolute atomic E-state index is 5.63. The fourth-order valence-electron chi connectivity index (χ4n) is 1.20. The number of aryl methyl sites for hydroxylation is 1. The van der Waals surface area contributed by atoms with E-state index in [-0.39, 0.29) is 24.8 Å². The molecule has 0 saturated carbocycles. The molecule has 0 aliphatic heterocycles. The van der Waals surface area contributed by atoms with Crippen molar-refractivity contribution < 1.29 is 0 Å². The Morgan fingerprint density at radius 2 is 2.00 bits per heavy atom. The molecule has 14 heavy (non-hydrogen) atoms. The van der Waals surface area contributed by atoms with Crippen LogP contribution < -0.4 is 5.73 Å². The van der Waals surface area contributed by atoms with Gasteiger partial charge in [-0.1, -0.05) is 6.92 Å². The Hall–Kier alpha value is -1.000. The minimum Gasteiger partial charge on any atom is -0.398 e. The monoisotopic (exact) mass is 234 g/mol. The van der Waals surface area contributed by atoms with Gasteiger partial charge < -0.3 is 5.73 Å². The molecule has 0 radical (unpaired) electrons. The quantitative estimate of drug-likeness (QED) is 0.818. The van der Waals surface area contributed by atoms with Gasteiger partial charge in [-0.15, -0.1) is 35.0 Å². The van der Waals surface area contributed by atoms with E-state index >= 15 is 0 Å². The first kappa shape index (κ1) is 13.0. The van der Waals surface area contributed by atoms with E-state index in [1.54, 1.807) is 0 Å². The molecule has 4 nitrogen and oxygen atoms in total. The number of halogens is 2. The first-order chi connectivity index (χ1) is 5.81. The molecule has 0 amide bonds. The molecule has 0 fully saturated rings. The topological polar surface area (TPSA) is 56.2 Å². The van der Waals surface area contributed by atoms with Crippen molar-refractivity contribution in [1.82, 2.24) is 14.6 Å². The second-order valence-corrected chi connectivity index (χ2v) is 2.66. The molecule has 0 aliphatic carbocycles. The summed E-state index contributed by atoms with van der Waals surface area (Å²) in [5.74, 6) is 0.942. The number of anilines is 1. The van der Waals surface area contributed by atoms with E-state index in [0.29, 0.717) is 0 Å².